The van der Waals surface area contributed by atoms with Crippen LogP contribution in [0.1, 0.15) is 30.1 Å². The number of nitrogens with one attached hydrogen (secondary N) is 1. The quantitative estimate of drug-likeness (QED) is 0.442. The van der Waals surface area contributed by atoms with Gasteiger partial charge in [0, 0.05) is 29.2 Å². The van der Waals surface area contributed by atoms with Crippen LogP contribution in [0.5, 0.6) is 5.75 Å². The van der Waals surface area contributed by atoms with E-state index in [0.29, 0.717) is 11.2 Å². The first-order valence-electron chi connectivity index (χ1n) is 11.3. The van der Waals surface area contributed by atoms with Crippen LogP contribution in [-0.2, 0) is 11.2 Å². The molecule has 0 fully saturated rings. The molecule has 4 aromatic rings. The predicted molar refractivity (Wildman–Crippen MR) is 135 cm³/mol. The van der Waals surface area contributed by atoms with E-state index in [4.69, 9.17) is 4.74 Å². The minimum atomic E-state index is -0.212. The van der Waals surface area contributed by atoms with Gasteiger partial charge in [-0.3, -0.25) is 14.2 Å². The van der Waals surface area contributed by atoms with Crippen molar-refractivity contribution < 1.29 is 9.53 Å². The third kappa shape index (κ3) is 4.43. The molecular weight excluding hydrogens is 446 g/mol. The Kier molecular flexibility index (Phi) is 6.36. The van der Waals surface area contributed by atoms with E-state index in [1.807, 2.05) is 72.4 Å². The monoisotopic (exact) mass is 471 g/mol. The summed E-state index contributed by atoms with van der Waals surface area (Å²) in [5.41, 5.74) is 3.50. The molecule has 0 bridgehead atoms. The van der Waals surface area contributed by atoms with E-state index in [0.717, 1.165) is 34.7 Å². The molecule has 0 saturated heterocycles. The maximum Gasteiger partial charge on any atom is 0.277 e. The normalized spacial score (nSPS) is 15.0. The van der Waals surface area contributed by atoms with E-state index < -0.39 is 0 Å². The van der Waals surface area contributed by atoms with Crippen LogP contribution in [0.3, 0.4) is 0 Å². The van der Waals surface area contributed by atoms with Crippen molar-refractivity contribution in [3.63, 3.8) is 0 Å². The number of thioether (sulfide) groups is 1. The summed E-state index contributed by atoms with van der Waals surface area (Å²) in [5, 5.41) is 3.16. The molecule has 1 amide bonds. The lowest BCUT2D eigenvalue weighted by atomic mass is 10.0. The van der Waals surface area contributed by atoms with Gasteiger partial charge in [0.1, 0.15) is 11.4 Å². The summed E-state index contributed by atoms with van der Waals surface area (Å²) < 4.78 is 6.91. The fraction of sp³-hybridized carbons (Fsp3) is 0.222. The molecule has 1 N–H and O–H groups in total. The molecule has 172 valence electrons. The summed E-state index contributed by atoms with van der Waals surface area (Å²) in [4.78, 5) is 32.1. The van der Waals surface area contributed by atoms with E-state index in [2.05, 4.69) is 22.4 Å². The predicted octanol–water partition coefficient (Wildman–Crippen LogP) is 4.68. The van der Waals surface area contributed by atoms with Crippen molar-refractivity contribution in [2.45, 2.75) is 30.2 Å². The highest BCUT2D eigenvalue weighted by atomic mass is 32.2. The van der Waals surface area contributed by atoms with Crippen LogP contribution >= 0.6 is 11.8 Å². The second kappa shape index (κ2) is 9.73. The average molecular weight is 472 g/mol. The molecular formula is C27H25N3O3S. The number of carbonyl (C=O) groups is 1. The van der Waals surface area contributed by atoms with Gasteiger partial charge >= 0.3 is 0 Å². The zero-order valence-corrected chi connectivity index (χ0v) is 19.7. The lowest BCUT2D eigenvalue weighted by molar-refractivity contribution is -0.121. The molecule has 0 unspecified atom stereocenters. The maximum absolute atomic E-state index is 13.4. The Morgan fingerprint density at radius 1 is 1.09 bits per heavy atom. The van der Waals surface area contributed by atoms with E-state index >= 15 is 0 Å². The van der Waals surface area contributed by atoms with Gasteiger partial charge in [0.15, 0.2) is 0 Å². The van der Waals surface area contributed by atoms with Crippen molar-refractivity contribution in [1.82, 2.24) is 14.9 Å². The standard InChI is InChI=1S/C27H25N3O3S/c1-33-19-12-10-18(11-13-19)30-24-8-4-3-7-22(24)28-23(27(30)32)14-15-26(31)29-21-16-17-34-25-9-5-2-6-20(21)25/h2-13,21H,14-17H2,1H3,(H,29,31)/t21-/m0/s1. The Hall–Kier alpha value is -3.58. The van der Waals surface area contributed by atoms with Crippen molar-refractivity contribution >= 4 is 28.7 Å². The highest BCUT2D eigenvalue weighted by molar-refractivity contribution is 7.99. The molecule has 3 aromatic carbocycles. The van der Waals surface area contributed by atoms with Crippen molar-refractivity contribution in [2.75, 3.05) is 12.9 Å². The van der Waals surface area contributed by atoms with Gasteiger partial charge in [-0.2, -0.15) is 0 Å². The van der Waals surface area contributed by atoms with Gasteiger partial charge in [0.25, 0.3) is 5.56 Å². The van der Waals surface area contributed by atoms with Crippen LogP contribution in [0.2, 0.25) is 0 Å². The number of benzene rings is 3. The molecule has 1 atom stereocenters. The lowest BCUT2D eigenvalue weighted by Crippen LogP contribution is -2.32. The Balaban J connectivity index is 1.40. The molecule has 1 aromatic heterocycles. The van der Waals surface area contributed by atoms with Gasteiger partial charge in [-0.1, -0.05) is 30.3 Å². The fourth-order valence-corrected chi connectivity index (χ4v) is 5.45. The number of carbonyl (C=O) groups excluding carboxylic acids is 1. The zero-order valence-electron chi connectivity index (χ0n) is 18.9. The third-order valence-corrected chi connectivity index (χ3v) is 7.16. The number of rotatable bonds is 6. The van der Waals surface area contributed by atoms with Gasteiger partial charge in [-0.25, -0.2) is 4.98 Å². The highest BCUT2D eigenvalue weighted by Gasteiger charge is 2.22. The number of aryl methyl sites for hydroxylation is 1. The first kappa shape index (κ1) is 22.2. The van der Waals surface area contributed by atoms with Crippen LogP contribution < -0.4 is 15.6 Å². The summed E-state index contributed by atoms with van der Waals surface area (Å²) >= 11 is 1.82. The Morgan fingerprint density at radius 2 is 1.85 bits per heavy atom. The van der Waals surface area contributed by atoms with Crippen LogP contribution in [0.4, 0.5) is 0 Å². The lowest BCUT2D eigenvalue weighted by Gasteiger charge is -2.25. The Morgan fingerprint density at radius 3 is 2.68 bits per heavy atom. The van der Waals surface area contributed by atoms with Crippen LogP contribution in [0, 0.1) is 0 Å². The summed E-state index contributed by atoms with van der Waals surface area (Å²) in [7, 11) is 1.61. The van der Waals surface area contributed by atoms with Gasteiger partial charge in [-0.15, -0.1) is 11.8 Å². The van der Waals surface area contributed by atoms with E-state index in [1.54, 1.807) is 11.7 Å². The maximum atomic E-state index is 13.4. The highest BCUT2D eigenvalue weighted by Crippen LogP contribution is 2.35. The van der Waals surface area contributed by atoms with E-state index in [-0.39, 0.29) is 30.3 Å². The first-order chi connectivity index (χ1) is 16.6. The number of para-hydroxylation sites is 2. The SMILES string of the molecule is COc1ccc(-n2c(=O)c(CCC(=O)N[C@H]3CCSc4ccccc43)nc3ccccc32)cc1. The molecule has 6 nitrogen and oxygen atoms in total. The number of amides is 1. The van der Waals surface area contributed by atoms with Crippen LogP contribution in [-0.4, -0.2) is 28.3 Å². The molecule has 1 aliphatic rings. The third-order valence-electron chi connectivity index (χ3n) is 6.04. The van der Waals surface area contributed by atoms with Crippen molar-refractivity contribution in [3.05, 3.63) is 94.4 Å². The van der Waals surface area contributed by atoms with E-state index in [9.17, 15) is 9.59 Å². The number of aromatic nitrogens is 2. The van der Waals surface area contributed by atoms with Crippen molar-refractivity contribution in [2.24, 2.45) is 0 Å². The molecule has 0 aliphatic carbocycles. The molecule has 0 radical (unpaired) electrons. The smallest absolute Gasteiger partial charge is 0.277 e. The molecule has 0 spiro atoms. The zero-order chi connectivity index (χ0) is 23.5. The number of methoxy groups -OCH3 is 1. The topological polar surface area (TPSA) is 73.2 Å². The number of nitrogens with zero attached hydrogens (tertiary/aromatic N) is 2. The van der Waals surface area contributed by atoms with Gasteiger partial charge in [-0.05, 0) is 54.4 Å². The summed E-state index contributed by atoms with van der Waals surface area (Å²) in [5.74, 6) is 1.62. The van der Waals surface area contributed by atoms with Crippen molar-refractivity contribution in [3.8, 4) is 11.4 Å². The van der Waals surface area contributed by atoms with Gasteiger partial charge in [0.05, 0.1) is 24.2 Å². The summed E-state index contributed by atoms with van der Waals surface area (Å²) in [6.07, 6.45) is 1.37. The van der Waals surface area contributed by atoms with Crippen LogP contribution in [0.15, 0.2) is 82.5 Å². The Labute approximate surface area is 202 Å². The summed E-state index contributed by atoms with van der Waals surface area (Å²) in [6.45, 7) is 0. The van der Waals surface area contributed by atoms with Crippen molar-refractivity contribution in [1.29, 1.82) is 0 Å². The molecule has 1 aliphatic heterocycles. The number of ether oxygens (including phenoxy) is 1. The minimum Gasteiger partial charge on any atom is -0.497 e. The van der Waals surface area contributed by atoms with Gasteiger partial charge in [0.2, 0.25) is 5.91 Å². The first-order valence-corrected chi connectivity index (χ1v) is 12.3. The second-order valence-electron chi connectivity index (χ2n) is 8.18. The Bertz CT molecular complexity index is 1400. The number of hydrogen-bond donors (Lipinski definition) is 1. The molecule has 0 saturated carbocycles. The average Bonchev–Trinajstić information content (AvgIpc) is 2.88. The van der Waals surface area contributed by atoms with Crippen LogP contribution in [0.25, 0.3) is 16.7 Å². The number of hydrogen-bond acceptors (Lipinski definition) is 5. The molecule has 34 heavy (non-hydrogen) atoms. The largest absolute Gasteiger partial charge is 0.497 e. The number of fused-ring (bicyclic) bond motifs is 2. The fourth-order valence-electron chi connectivity index (χ4n) is 4.32. The second-order valence-corrected chi connectivity index (χ2v) is 9.32. The van der Waals surface area contributed by atoms with Gasteiger partial charge < -0.3 is 10.1 Å². The van der Waals surface area contributed by atoms with E-state index in [1.165, 1.54) is 4.90 Å². The molecule has 7 heteroatoms. The molecule has 5 rings (SSSR count). The minimum absolute atomic E-state index is 0.00506. The summed E-state index contributed by atoms with van der Waals surface area (Å²) in [6, 6.07) is 23.1. The molecule has 2 heterocycles.